The molecule has 3 aliphatic rings. The van der Waals surface area contributed by atoms with Crippen molar-refractivity contribution in [2.24, 2.45) is 5.92 Å². The first kappa shape index (κ1) is 12.8. The van der Waals surface area contributed by atoms with E-state index in [1.807, 2.05) is 6.07 Å². The number of rotatable bonds is 5. The number of fused-ring (bicyclic) bond motifs is 2. The van der Waals surface area contributed by atoms with Crippen molar-refractivity contribution in [3.63, 3.8) is 0 Å². The molecule has 2 atom stereocenters. The molecule has 0 spiro atoms. The van der Waals surface area contributed by atoms with Gasteiger partial charge in [-0.3, -0.25) is 4.90 Å². The molecule has 1 heterocycles. The summed E-state index contributed by atoms with van der Waals surface area (Å²) in [5.41, 5.74) is 2.10. The van der Waals surface area contributed by atoms with Gasteiger partial charge in [0.25, 0.3) is 0 Å². The SMILES string of the molecule is Fc1ccc(CNC2CC2)cc1CN1CC2CCC1C2. The van der Waals surface area contributed by atoms with Crippen molar-refractivity contribution in [1.82, 2.24) is 10.2 Å². The lowest BCUT2D eigenvalue weighted by atomic mass is 10.1. The van der Waals surface area contributed by atoms with Gasteiger partial charge in [-0.1, -0.05) is 12.1 Å². The lowest BCUT2D eigenvalue weighted by Gasteiger charge is -2.27. The van der Waals surface area contributed by atoms with E-state index in [9.17, 15) is 4.39 Å². The van der Waals surface area contributed by atoms with Crippen molar-refractivity contribution in [2.45, 2.75) is 57.3 Å². The molecule has 0 aromatic heterocycles. The number of hydrogen-bond acceptors (Lipinski definition) is 2. The van der Waals surface area contributed by atoms with Crippen molar-refractivity contribution in [3.8, 4) is 0 Å². The maximum atomic E-state index is 14.0. The van der Waals surface area contributed by atoms with Gasteiger partial charge < -0.3 is 5.32 Å². The first-order valence-corrected chi connectivity index (χ1v) is 8.02. The Balaban J connectivity index is 1.44. The van der Waals surface area contributed by atoms with E-state index in [2.05, 4.69) is 16.3 Å². The lowest BCUT2D eigenvalue weighted by molar-refractivity contribution is 0.203. The van der Waals surface area contributed by atoms with Crippen LogP contribution in [0, 0.1) is 11.7 Å². The Hall–Kier alpha value is -0.930. The van der Waals surface area contributed by atoms with Crippen molar-refractivity contribution in [3.05, 3.63) is 35.1 Å². The van der Waals surface area contributed by atoms with Crippen LogP contribution in [0.1, 0.15) is 43.2 Å². The minimum absolute atomic E-state index is 0.0389. The van der Waals surface area contributed by atoms with Gasteiger partial charge >= 0.3 is 0 Å². The van der Waals surface area contributed by atoms with Crippen molar-refractivity contribution in [2.75, 3.05) is 6.54 Å². The molecule has 108 valence electrons. The van der Waals surface area contributed by atoms with Crippen molar-refractivity contribution < 1.29 is 4.39 Å². The largest absolute Gasteiger partial charge is 0.310 e. The summed E-state index contributed by atoms with van der Waals surface area (Å²) in [6.45, 7) is 2.85. The van der Waals surface area contributed by atoms with E-state index in [1.54, 1.807) is 6.07 Å². The van der Waals surface area contributed by atoms with Crippen molar-refractivity contribution in [1.29, 1.82) is 0 Å². The van der Waals surface area contributed by atoms with Gasteiger partial charge in [-0.05, 0) is 49.7 Å². The van der Waals surface area contributed by atoms with Crippen LogP contribution in [0.3, 0.4) is 0 Å². The third-order valence-corrected chi connectivity index (χ3v) is 5.18. The summed E-state index contributed by atoms with van der Waals surface area (Å²) in [5, 5.41) is 3.50. The topological polar surface area (TPSA) is 15.3 Å². The molecule has 20 heavy (non-hydrogen) atoms. The highest BCUT2D eigenvalue weighted by atomic mass is 19.1. The minimum atomic E-state index is -0.0389. The normalized spacial score (nSPS) is 29.2. The number of nitrogens with one attached hydrogen (secondary N) is 1. The van der Waals surface area contributed by atoms with Crippen LogP contribution in [-0.4, -0.2) is 23.5 Å². The Bertz CT molecular complexity index is 498. The second-order valence-corrected chi connectivity index (χ2v) is 6.84. The van der Waals surface area contributed by atoms with Crippen LogP contribution >= 0.6 is 0 Å². The predicted molar refractivity (Wildman–Crippen MR) is 77.8 cm³/mol. The second-order valence-electron chi connectivity index (χ2n) is 6.84. The first-order valence-electron chi connectivity index (χ1n) is 8.02. The summed E-state index contributed by atoms with van der Waals surface area (Å²) in [7, 11) is 0. The van der Waals surface area contributed by atoms with E-state index in [-0.39, 0.29) is 5.82 Å². The molecule has 0 amide bonds. The molecule has 1 saturated heterocycles. The van der Waals surface area contributed by atoms with Gasteiger partial charge in [0, 0.05) is 37.3 Å². The van der Waals surface area contributed by atoms with Crippen LogP contribution < -0.4 is 5.32 Å². The first-order chi connectivity index (χ1) is 9.78. The van der Waals surface area contributed by atoms with Crippen LogP contribution in [0.25, 0.3) is 0 Å². The van der Waals surface area contributed by atoms with E-state index in [4.69, 9.17) is 0 Å². The molecular weight excluding hydrogens is 251 g/mol. The zero-order chi connectivity index (χ0) is 13.5. The molecule has 0 radical (unpaired) electrons. The number of benzene rings is 1. The smallest absolute Gasteiger partial charge is 0.127 e. The summed E-state index contributed by atoms with van der Waals surface area (Å²) in [4.78, 5) is 2.49. The van der Waals surface area contributed by atoms with Crippen LogP contribution in [0.4, 0.5) is 4.39 Å². The van der Waals surface area contributed by atoms with Gasteiger partial charge in [0.15, 0.2) is 0 Å². The fraction of sp³-hybridized carbons (Fsp3) is 0.647. The average Bonchev–Trinajstić information content (AvgIpc) is 3.05. The van der Waals surface area contributed by atoms with Gasteiger partial charge in [-0.2, -0.15) is 0 Å². The minimum Gasteiger partial charge on any atom is -0.310 e. The van der Waals surface area contributed by atoms with Crippen LogP contribution in [0.2, 0.25) is 0 Å². The van der Waals surface area contributed by atoms with Crippen molar-refractivity contribution >= 4 is 0 Å². The standard InChI is InChI=1S/C17H23FN2/c18-17-6-2-12(9-19-15-3-4-15)7-14(17)11-20-10-13-1-5-16(20)8-13/h2,6-7,13,15-16,19H,1,3-5,8-11H2. The Kier molecular flexibility index (Phi) is 3.27. The zero-order valence-corrected chi connectivity index (χ0v) is 11.9. The van der Waals surface area contributed by atoms with E-state index >= 15 is 0 Å². The van der Waals surface area contributed by atoms with E-state index in [0.29, 0.717) is 12.1 Å². The molecule has 3 fully saturated rings. The summed E-state index contributed by atoms with van der Waals surface area (Å²) >= 11 is 0. The van der Waals surface area contributed by atoms with Gasteiger partial charge in [0.05, 0.1) is 0 Å². The number of halogens is 1. The third-order valence-electron chi connectivity index (χ3n) is 5.18. The summed E-state index contributed by atoms with van der Waals surface area (Å²) in [6.07, 6.45) is 6.63. The lowest BCUT2D eigenvalue weighted by Crippen LogP contribution is -2.31. The van der Waals surface area contributed by atoms with E-state index in [1.165, 1.54) is 44.2 Å². The molecule has 4 rings (SSSR count). The van der Waals surface area contributed by atoms with Crippen LogP contribution in [-0.2, 0) is 13.1 Å². The Morgan fingerprint density at radius 1 is 1.20 bits per heavy atom. The number of piperidine rings is 1. The van der Waals surface area contributed by atoms with E-state index < -0.39 is 0 Å². The molecule has 2 bridgehead atoms. The number of hydrogen-bond donors (Lipinski definition) is 1. The highest BCUT2D eigenvalue weighted by Gasteiger charge is 2.37. The van der Waals surface area contributed by atoms with Crippen LogP contribution in [0.15, 0.2) is 18.2 Å². The predicted octanol–water partition coefficient (Wildman–Crippen LogP) is 3.06. The summed E-state index contributed by atoms with van der Waals surface area (Å²) in [5.74, 6) is 0.839. The fourth-order valence-electron chi connectivity index (χ4n) is 3.85. The maximum absolute atomic E-state index is 14.0. The Labute approximate surface area is 120 Å². The van der Waals surface area contributed by atoms with Gasteiger partial charge in [0.2, 0.25) is 0 Å². The number of nitrogens with zero attached hydrogens (tertiary/aromatic N) is 1. The van der Waals surface area contributed by atoms with Crippen LogP contribution in [0.5, 0.6) is 0 Å². The summed E-state index contributed by atoms with van der Waals surface area (Å²) < 4.78 is 14.0. The maximum Gasteiger partial charge on any atom is 0.127 e. The molecular formula is C17H23FN2. The zero-order valence-electron chi connectivity index (χ0n) is 11.9. The monoisotopic (exact) mass is 274 g/mol. The Morgan fingerprint density at radius 2 is 2.10 bits per heavy atom. The molecule has 1 aromatic rings. The quantitative estimate of drug-likeness (QED) is 0.887. The molecule has 2 aliphatic carbocycles. The van der Waals surface area contributed by atoms with Gasteiger partial charge in [-0.25, -0.2) is 4.39 Å². The molecule has 1 N–H and O–H groups in total. The molecule has 2 nitrogen and oxygen atoms in total. The summed E-state index contributed by atoms with van der Waals surface area (Å²) in [6, 6.07) is 7.06. The molecule has 1 aromatic carbocycles. The third kappa shape index (κ3) is 2.61. The highest BCUT2D eigenvalue weighted by Crippen LogP contribution is 2.38. The fourth-order valence-corrected chi connectivity index (χ4v) is 3.85. The average molecular weight is 274 g/mol. The highest BCUT2D eigenvalue weighted by molar-refractivity contribution is 5.25. The van der Waals surface area contributed by atoms with Gasteiger partial charge in [0.1, 0.15) is 5.82 Å². The molecule has 3 heteroatoms. The van der Waals surface area contributed by atoms with E-state index in [0.717, 1.165) is 24.6 Å². The van der Waals surface area contributed by atoms with Gasteiger partial charge in [-0.15, -0.1) is 0 Å². The Morgan fingerprint density at radius 3 is 2.80 bits per heavy atom. The molecule has 2 saturated carbocycles. The number of likely N-dealkylation sites (tertiary alicyclic amines) is 1. The molecule has 1 aliphatic heterocycles. The second kappa shape index (κ2) is 5.12. The molecule has 2 unspecified atom stereocenters.